The Bertz CT molecular complexity index is 653. The number of nitrogens with one attached hydrogen (secondary N) is 3. The molecule has 0 saturated heterocycles. The molecular weight excluding hydrogens is 309 g/mol. The number of rotatable bonds is 4. The molecule has 0 spiro atoms. The number of carbonyl (C=O) groups is 1. The van der Waals surface area contributed by atoms with Gasteiger partial charge < -0.3 is 5.32 Å². The van der Waals surface area contributed by atoms with Gasteiger partial charge in [0, 0.05) is 17.3 Å². The number of hydrogen-bond acceptors (Lipinski definition) is 4. The summed E-state index contributed by atoms with van der Waals surface area (Å²) in [5.74, 6) is 0.327. The van der Waals surface area contributed by atoms with Crippen molar-refractivity contribution >= 4 is 17.4 Å². The highest BCUT2D eigenvalue weighted by molar-refractivity contribution is 6.03. The van der Waals surface area contributed by atoms with Gasteiger partial charge in [0.25, 0.3) is 5.91 Å². The van der Waals surface area contributed by atoms with Gasteiger partial charge in [0.1, 0.15) is 12.4 Å². The van der Waals surface area contributed by atoms with Gasteiger partial charge in [-0.2, -0.15) is 13.2 Å². The van der Waals surface area contributed by atoms with Crippen molar-refractivity contribution < 1.29 is 18.0 Å². The molecule has 1 saturated carbocycles. The summed E-state index contributed by atoms with van der Waals surface area (Å²) in [4.78, 5) is 15.0. The van der Waals surface area contributed by atoms with Crippen molar-refractivity contribution in [1.82, 2.24) is 10.9 Å². The zero-order valence-electron chi connectivity index (χ0n) is 12.5. The van der Waals surface area contributed by atoms with Gasteiger partial charge in [0.05, 0.1) is 5.56 Å². The first-order valence-electron chi connectivity index (χ1n) is 7.42. The van der Waals surface area contributed by atoms with Gasteiger partial charge in [0.2, 0.25) is 0 Å². The molecule has 3 N–H and O–H groups in total. The number of amides is 1. The normalized spacial score (nSPS) is 19.5. The van der Waals surface area contributed by atoms with E-state index in [4.69, 9.17) is 0 Å². The zero-order chi connectivity index (χ0) is 16.6. The number of anilines is 1. The first kappa shape index (κ1) is 15.6. The molecule has 1 aliphatic carbocycles. The third-order valence-corrected chi connectivity index (χ3v) is 4.01. The molecule has 23 heavy (non-hydrogen) atoms. The standard InChI is InChI=1S/C15H17F3N4O/c1-8(9-2-3-9)20-12-5-4-10(6-11(12)15(16,17)18)14-19-7-13(23)21-22-14/h4-6,8-9,20H,2-3,7H2,1H3,(H,19,22)(H,21,23)/t8-/m1/s1. The second-order valence-corrected chi connectivity index (χ2v) is 5.87. The Morgan fingerprint density at radius 1 is 1.30 bits per heavy atom. The van der Waals surface area contributed by atoms with Crippen molar-refractivity contribution in [1.29, 1.82) is 0 Å². The summed E-state index contributed by atoms with van der Waals surface area (Å²) in [6.07, 6.45) is -2.37. The molecule has 0 radical (unpaired) electrons. The number of alkyl halides is 3. The van der Waals surface area contributed by atoms with Gasteiger partial charge >= 0.3 is 6.18 Å². The van der Waals surface area contributed by atoms with Crippen LogP contribution in [0.3, 0.4) is 0 Å². The van der Waals surface area contributed by atoms with Crippen LogP contribution in [-0.2, 0) is 11.0 Å². The maximum Gasteiger partial charge on any atom is 0.418 e. The topological polar surface area (TPSA) is 65.5 Å². The molecule has 1 amide bonds. The number of nitrogens with zero attached hydrogens (tertiary/aromatic N) is 1. The monoisotopic (exact) mass is 326 g/mol. The summed E-state index contributed by atoms with van der Waals surface area (Å²) in [5.41, 5.74) is 4.47. The molecule has 0 bridgehead atoms. The Kier molecular flexibility index (Phi) is 3.91. The summed E-state index contributed by atoms with van der Waals surface area (Å²) in [7, 11) is 0. The van der Waals surface area contributed by atoms with E-state index >= 15 is 0 Å². The minimum Gasteiger partial charge on any atom is -0.382 e. The van der Waals surface area contributed by atoms with Crippen LogP contribution in [0.1, 0.15) is 30.9 Å². The van der Waals surface area contributed by atoms with Gasteiger partial charge in [-0.1, -0.05) is 0 Å². The van der Waals surface area contributed by atoms with Crippen LogP contribution in [0.15, 0.2) is 23.2 Å². The minimum absolute atomic E-state index is 0.00591. The fourth-order valence-corrected chi connectivity index (χ4v) is 2.53. The van der Waals surface area contributed by atoms with Crippen molar-refractivity contribution in [3.8, 4) is 0 Å². The summed E-state index contributed by atoms with van der Waals surface area (Å²) < 4.78 is 40.1. The number of benzene rings is 1. The van der Waals surface area contributed by atoms with E-state index in [9.17, 15) is 18.0 Å². The lowest BCUT2D eigenvalue weighted by molar-refractivity contribution is -0.137. The Balaban J connectivity index is 1.90. The molecule has 3 rings (SSSR count). The average Bonchev–Trinajstić information content (AvgIpc) is 3.32. The van der Waals surface area contributed by atoms with Crippen LogP contribution in [0.4, 0.5) is 18.9 Å². The van der Waals surface area contributed by atoms with E-state index in [0.717, 1.165) is 18.9 Å². The van der Waals surface area contributed by atoms with E-state index < -0.39 is 11.7 Å². The second-order valence-electron chi connectivity index (χ2n) is 5.87. The quantitative estimate of drug-likeness (QED) is 0.795. The minimum atomic E-state index is -4.47. The van der Waals surface area contributed by atoms with E-state index in [1.54, 1.807) is 6.07 Å². The molecular formula is C15H17F3N4O. The number of hydrogen-bond donors (Lipinski definition) is 3. The van der Waals surface area contributed by atoms with Crippen molar-refractivity contribution in [3.05, 3.63) is 29.3 Å². The first-order valence-corrected chi connectivity index (χ1v) is 7.42. The molecule has 1 aliphatic heterocycles. The van der Waals surface area contributed by atoms with Gasteiger partial charge in [-0.3, -0.25) is 20.6 Å². The highest BCUT2D eigenvalue weighted by atomic mass is 19.4. The fourth-order valence-electron chi connectivity index (χ4n) is 2.53. The maximum absolute atomic E-state index is 13.4. The van der Waals surface area contributed by atoms with Crippen LogP contribution in [-0.4, -0.2) is 24.3 Å². The predicted molar refractivity (Wildman–Crippen MR) is 79.9 cm³/mol. The number of aliphatic imine (C=N–C) groups is 1. The molecule has 8 heteroatoms. The van der Waals surface area contributed by atoms with Crippen LogP contribution in [0.5, 0.6) is 0 Å². The van der Waals surface area contributed by atoms with Crippen molar-refractivity contribution in [2.75, 3.05) is 11.9 Å². The summed E-state index contributed by atoms with van der Waals surface area (Å²) in [6, 6.07) is 4.02. The zero-order valence-corrected chi connectivity index (χ0v) is 12.5. The van der Waals surface area contributed by atoms with E-state index in [0.29, 0.717) is 5.92 Å². The van der Waals surface area contributed by atoms with Gasteiger partial charge in [-0.25, -0.2) is 0 Å². The molecule has 1 atom stereocenters. The third-order valence-electron chi connectivity index (χ3n) is 4.01. The molecule has 1 aromatic carbocycles. The van der Waals surface area contributed by atoms with E-state index in [2.05, 4.69) is 21.2 Å². The summed E-state index contributed by atoms with van der Waals surface area (Å²) in [6.45, 7) is 1.79. The van der Waals surface area contributed by atoms with Crippen LogP contribution >= 0.6 is 0 Å². The number of amidine groups is 1. The van der Waals surface area contributed by atoms with Gasteiger partial charge in [0.15, 0.2) is 0 Å². The Labute approximate surface area is 131 Å². The van der Waals surface area contributed by atoms with Crippen molar-refractivity contribution in [2.24, 2.45) is 10.9 Å². The van der Waals surface area contributed by atoms with Crippen LogP contribution in [0.2, 0.25) is 0 Å². The van der Waals surface area contributed by atoms with Crippen molar-refractivity contribution in [3.63, 3.8) is 0 Å². The molecule has 1 heterocycles. The van der Waals surface area contributed by atoms with Gasteiger partial charge in [-0.15, -0.1) is 0 Å². The molecule has 1 aromatic rings. The Hall–Kier alpha value is -2.25. The average molecular weight is 326 g/mol. The molecule has 124 valence electrons. The smallest absolute Gasteiger partial charge is 0.382 e. The maximum atomic E-state index is 13.4. The Morgan fingerprint density at radius 3 is 2.61 bits per heavy atom. The number of halogens is 3. The third kappa shape index (κ3) is 3.57. The fraction of sp³-hybridized carbons (Fsp3) is 0.467. The molecule has 0 unspecified atom stereocenters. The number of carbonyl (C=O) groups excluding carboxylic acids is 1. The van der Waals surface area contributed by atoms with E-state index in [1.165, 1.54) is 6.07 Å². The van der Waals surface area contributed by atoms with Crippen LogP contribution in [0, 0.1) is 5.92 Å². The lowest BCUT2D eigenvalue weighted by Gasteiger charge is -2.21. The highest BCUT2D eigenvalue weighted by Gasteiger charge is 2.36. The van der Waals surface area contributed by atoms with Crippen molar-refractivity contribution in [2.45, 2.75) is 32.0 Å². The van der Waals surface area contributed by atoms with E-state index in [1.807, 2.05) is 6.92 Å². The number of hydrazine groups is 1. The lowest BCUT2D eigenvalue weighted by Crippen LogP contribution is -2.47. The second kappa shape index (κ2) is 5.75. The molecule has 1 fully saturated rings. The molecule has 0 aromatic heterocycles. The largest absolute Gasteiger partial charge is 0.418 e. The summed E-state index contributed by atoms with van der Waals surface area (Å²) in [5, 5.41) is 2.97. The Morgan fingerprint density at radius 2 is 2.04 bits per heavy atom. The molecule has 2 aliphatic rings. The highest BCUT2D eigenvalue weighted by Crippen LogP contribution is 2.39. The van der Waals surface area contributed by atoms with E-state index in [-0.39, 0.29) is 35.6 Å². The van der Waals surface area contributed by atoms with Crippen LogP contribution < -0.4 is 16.2 Å². The van der Waals surface area contributed by atoms with Crippen LogP contribution in [0.25, 0.3) is 0 Å². The SMILES string of the molecule is C[C@@H](Nc1ccc(C2=NCC(=O)NN2)cc1C(F)(F)F)C1CC1. The van der Waals surface area contributed by atoms with Gasteiger partial charge in [-0.05, 0) is 43.9 Å². The lowest BCUT2D eigenvalue weighted by atomic mass is 10.1. The molecule has 5 nitrogen and oxygen atoms in total. The first-order chi connectivity index (χ1) is 10.8. The predicted octanol–water partition coefficient (Wildman–Crippen LogP) is 2.30. The summed E-state index contributed by atoms with van der Waals surface area (Å²) >= 11 is 0.